The van der Waals surface area contributed by atoms with Gasteiger partial charge in [0, 0.05) is 35.7 Å². The largest absolute Gasteiger partial charge is 0.497 e. The highest BCUT2D eigenvalue weighted by atomic mass is 16.5. The maximum absolute atomic E-state index is 14.9. The molecule has 2 heterocycles. The van der Waals surface area contributed by atoms with Gasteiger partial charge in [0.25, 0.3) is 0 Å². The molecule has 0 bridgehead atoms. The van der Waals surface area contributed by atoms with Gasteiger partial charge in [-0.3, -0.25) is 4.79 Å². The van der Waals surface area contributed by atoms with E-state index < -0.39 is 18.0 Å². The van der Waals surface area contributed by atoms with Gasteiger partial charge in [-0.05, 0) is 42.0 Å². The van der Waals surface area contributed by atoms with Gasteiger partial charge in [0.15, 0.2) is 0 Å². The van der Waals surface area contributed by atoms with Crippen LogP contribution in [-0.2, 0) is 6.42 Å². The molecule has 46 heavy (non-hydrogen) atoms. The van der Waals surface area contributed by atoms with E-state index in [0.717, 1.165) is 5.56 Å². The van der Waals surface area contributed by atoms with E-state index in [2.05, 4.69) is 0 Å². The lowest BCUT2D eigenvalue weighted by atomic mass is 9.90. The number of ketones is 1. The van der Waals surface area contributed by atoms with Crippen molar-refractivity contribution >= 4 is 16.8 Å². The standard InChI is InChI=1S/C36H34O10/c1-39-21-11-7-19(8-12-21)34-25(37)17-24-26(42-4)18-29-31(36(24)46-34)32(35(45-29)20-9-13-22(40-2)14-10-20)33(38)30-27(43-5)15-23(41-3)16-28(30)44-6/h7-16,18,25,34,37H,17H2,1-6H3. The summed E-state index contributed by atoms with van der Waals surface area (Å²) in [7, 11) is 9.17. The molecule has 1 aliphatic heterocycles. The lowest BCUT2D eigenvalue weighted by molar-refractivity contribution is 0.0211. The van der Waals surface area contributed by atoms with E-state index in [4.69, 9.17) is 37.6 Å². The van der Waals surface area contributed by atoms with E-state index in [1.54, 1.807) is 56.7 Å². The molecular weight excluding hydrogens is 592 g/mol. The van der Waals surface area contributed by atoms with Crippen LogP contribution in [0.1, 0.15) is 33.2 Å². The summed E-state index contributed by atoms with van der Waals surface area (Å²) in [5.41, 5.74) is 2.74. The van der Waals surface area contributed by atoms with Crippen LogP contribution in [0, 0.1) is 0 Å². The van der Waals surface area contributed by atoms with Crippen molar-refractivity contribution in [1.82, 2.24) is 0 Å². The number of benzene rings is 4. The molecule has 1 aromatic heterocycles. The Morgan fingerprint density at radius 1 is 0.696 bits per heavy atom. The molecule has 0 fully saturated rings. The molecule has 0 radical (unpaired) electrons. The maximum Gasteiger partial charge on any atom is 0.205 e. The summed E-state index contributed by atoms with van der Waals surface area (Å²) in [6.45, 7) is 0. The van der Waals surface area contributed by atoms with Gasteiger partial charge in [-0.15, -0.1) is 0 Å². The van der Waals surface area contributed by atoms with Gasteiger partial charge < -0.3 is 42.7 Å². The Labute approximate surface area is 265 Å². The van der Waals surface area contributed by atoms with Gasteiger partial charge in [0.2, 0.25) is 5.78 Å². The molecule has 0 saturated heterocycles. The molecule has 5 aromatic rings. The Bertz CT molecular complexity index is 1860. The van der Waals surface area contributed by atoms with Crippen LogP contribution in [0.15, 0.2) is 71.1 Å². The van der Waals surface area contributed by atoms with Gasteiger partial charge in [-0.2, -0.15) is 0 Å². The Balaban J connectivity index is 1.64. The summed E-state index contributed by atoms with van der Waals surface area (Å²) < 4.78 is 46.3. The van der Waals surface area contributed by atoms with Gasteiger partial charge in [0.05, 0.1) is 59.7 Å². The van der Waals surface area contributed by atoms with Crippen LogP contribution in [0.5, 0.6) is 40.2 Å². The number of furan rings is 1. The number of rotatable bonds is 10. The van der Waals surface area contributed by atoms with Crippen molar-refractivity contribution in [3.8, 4) is 51.6 Å². The highest BCUT2D eigenvalue weighted by molar-refractivity contribution is 6.23. The van der Waals surface area contributed by atoms with Crippen molar-refractivity contribution in [1.29, 1.82) is 0 Å². The van der Waals surface area contributed by atoms with Crippen molar-refractivity contribution in [3.05, 3.63) is 89.0 Å². The van der Waals surface area contributed by atoms with Crippen LogP contribution < -0.4 is 33.2 Å². The smallest absolute Gasteiger partial charge is 0.205 e. The second kappa shape index (κ2) is 12.6. The molecule has 0 spiro atoms. The molecule has 4 aromatic carbocycles. The average molecular weight is 627 g/mol. The van der Waals surface area contributed by atoms with Gasteiger partial charge in [0.1, 0.15) is 63.3 Å². The zero-order valence-corrected chi connectivity index (χ0v) is 26.3. The summed E-state index contributed by atoms with van der Waals surface area (Å²) in [6, 6.07) is 19.4. The van der Waals surface area contributed by atoms with Crippen molar-refractivity contribution < 1.29 is 47.5 Å². The monoisotopic (exact) mass is 626 g/mol. The van der Waals surface area contributed by atoms with Crippen LogP contribution >= 0.6 is 0 Å². The van der Waals surface area contributed by atoms with Crippen LogP contribution in [0.3, 0.4) is 0 Å². The summed E-state index contributed by atoms with van der Waals surface area (Å²) in [6.07, 6.45) is -1.45. The number of hydrogen-bond donors (Lipinski definition) is 1. The molecule has 238 valence electrons. The first-order valence-corrected chi connectivity index (χ1v) is 14.5. The topological polar surface area (TPSA) is 115 Å². The van der Waals surface area contributed by atoms with Crippen molar-refractivity contribution in [2.75, 3.05) is 42.7 Å². The minimum absolute atomic E-state index is 0.176. The summed E-state index contributed by atoms with van der Waals surface area (Å²) in [5, 5.41) is 11.7. The first-order valence-electron chi connectivity index (χ1n) is 14.5. The molecule has 2 unspecified atom stereocenters. The van der Waals surface area contributed by atoms with Crippen LogP contribution in [0.25, 0.3) is 22.3 Å². The number of methoxy groups -OCH3 is 6. The first-order chi connectivity index (χ1) is 22.3. The molecule has 0 saturated carbocycles. The van der Waals surface area contributed by atoms with E-state index in [-0.39, 0.29) is 29.0 Å². The minimum atomic E-state index is -0.902. The van der Waals surface area contributed by atoms with Crippen molar-refractivity contribution in [3.63, 3.8) is 0 Å². The number of carbonyl (C=O) groups is 1. The van der Waals surface area contributed by atoms with Crippen molar-refractivity contribution in [2.24, 2.45) is 0 Å². The predicted molar refractivity (Wildman–Crippen MR) is 170 cm³/mol. The van der Waals surface area contributed by atoms with Crippen LogP contribution in [-0.4, -0.2) is 59.7 Å². The molecule has 0 amide bonds. The SMILES string of the molecule is COc1ccc(-c2oc3cc(OC)c4c(c3c2C(=O)c2c(OC)cc(OC)cc2OC)OC(c2ccc(OC)cc2)C(O)C4)cc1. The number of aliphatic hydroxyl groups is 1. The average Bonchev–Trinajstić information content (AvgIpc) is 3.49. The molecular formula is C36H34O10. The lowest BCUT2D eigenvalue weighted by Gasteiger charge is -2.32. The normalized spacial score (nSPS) is 15.5. The number of hydrogen-bond acceptors (Lipinski definition) is 10. The Hall–Kier alpha value is -5.35. The number of carbonyl (C=O) groups excluding carboxylic acids is 1. The fourth-order valence-electron chi connectivity index (χ4n) is 5.87. The molecule has 10 heteroatoms. The number of ether oxygens (including phenoxy) is 7. The third kappa shape index (κ3) is 5.20. The van der Waals surface area contributed by atoms with E-state index in [9.17, 15) is 9.90 Å². The highest BCUT2D eigenvalue weighted by Gasteiger charge is 2.38. The maximum atomic E-state index is 14.9. The predicted octanol–water partition coefficient (Wildman–Crippen LogP) is 6.42. The molecule has 1 N–H and O–H groups in total. The Morgan fingerprint density at radius 2 is 1.26 bits per heavy atom. The van der Waals surface area contributed by atoms with Gasteiger partial charge >= 0.3 is 0 Å². The zero-order chi connectivity index (χ0) is 32.5. The second-order valence-electron chi connectivity index (χ2n) is 10.6. The molecule has 2 atom stereocenters. The molecule has 10 nitrogen and oxygen atoms in total. The number of aliphatic hydroxyl groups excluding tert-OH is 1. The van der Waals surface area contributed by atoms with E-state index >= 15 is 0 Å². The summed E-state index contributed by atoms with van der Waals surface area (Å²) >= 11 is 0. The van der Waals surface area contributed by atoms with E-state index in [1.807, 2.05) is 24.3 Å². The second-order valence-corrected chi connectivity index (χ2v) is 10.6. The fourth-order valence-corrected chi connectivity index (χ4v) is 5.87. The highest BCUT2D eigenvalue weighted by Crippen LogP contribution is 2.50. The molecule has 6 rings (SSSR count). The van der Waals surface area contributed by atoms with Gasteiger partial charge in [-0.25, -0.2) is 0 Å². The number of fused-ring (bicyclic) bond motifs is 3. The Kier molecular flexibility index (Phi) is 8.38. The summed E-state index contributed by atoms with van der Waals surface area (Å²) in [5.74, 6) is 2.99. The quantitative estimate of drug-likeness (QED) is 0.174. The molecule has 0 aliphatic carbocycles. The fraction of sp³-hybridized carbons (Fsp3) is 0.250. The van der Waals surface area contributed by atoms with Crippen LogP contribution in [0.4, 0.5) is 0 Å². The zero-order valence-electron chi connectivity index (χ0n) is 26.3. The first kappa shape index (κ1) is 30.7. The van der Waals surface area contributed by atoms with E-state index in [0.29, 0.717) is 56.6 Å². The lowest BCUT2D eigenvalue weighted by Crippen LogP contribution is -2.30. The van der Waals surface area contributed by atoms with Crippen LogP contribution in [0.2, 0.25) is 0 Å². The van der Waals surface area contributed by atoms with Gasteiger partial charge in [-0.1, -0.05) is 12.1 Å². The third-order valence-electron chi connectivity index (χ3n) is 8.19. The Morgan fingerprint density at radius 3 is 1.80 bits per heavy atom. The molecule has 1 aliphatic rings. The van der Waals surface area contributed by atoms with Crippen molar-refractivity contribution in [2.45, 2.75) is 18.6 Å². The van der Waals surface area contributed by atoms with E-state index in [1.165, 1.54) is 28.4 Å². The third-order valence-corrected chi connectivity index (χ3v) is 8.19. The summed E-state index contributed by atoms with van der Waals surface area (Å²) in [4.78, 5) is 14.9. The minimum Gasteiger partial charge on any atom is -0.497 e.